The second-order valence-corrected chi connectivity index (χ2v) is 4.77. The van der Waals surface area contributed by atoms with Gasteiger partial charge < -0.3 is 10.1 Å². The van der Waals surface area contributed by atoms with Gasteiger partial charge in [-0.25, -0.2) is 4.39 Å². The van der Waals surface area contributed by atoms with E-state index in [9.17, 15) is 4.39 Å². The van der Waals surface area contributed by atoms with Crippen molar-refractivity contribution >= 4 is 0 Å². The van der Waals surface area contributed by atoms with Crippen molar-refractivity contribution in [3.8, 4) is 16.9 Å². The SMILES string of the molecule is CCNCc1ccc(-c2ccc(OC)c(C)c2)cc1F. The van der Waals surface area contributed by atoms with Crippen LogP contribution in [0.3, 0.4) is 0 Å². The molecule has 2 rings (SSSR count). The summed E-state index contributed by atoms with van der Waals surface area (Å²) in [7, 11) is 1.65. The van der Waals surface area contributed by atoms with Crippen LogP contribution >= 0.6 is 0 Å². The maximum absolute atomic E-state index is 14.0. The number of methoxy groups -OCH3 is 1. The summed E-state index contributed by atoms with van der Waals surface area (Å²) in [5, 5.41) is 3.13. The zero-order valence-corrected chi connectivity index (χ0v) is 12.2. The van der Waals surface area contributed by atoms with Crippen molar-refractivity contribution in [1.29, 1.82) is 0 Å². The molecule has 0 heterocycles. The van der Waals surface area contributed by atoms with Crippen LogP contribution in [0.15, 0.2) is 36.4 Å². The largest absolute Gasteiger partial charge is 0.496 e. The van der Waals surface area contributed by atoms with Crippen LogP contribution in [0.4, 0.5) is 4.39 Å². The van der Waals surface area contributed by atoms with Crippen LogP contribution in [-0.4, -0.2) is 13.7 Å². The quantitative estimate of drug-likeness (QED) is 0.891. The van der Waals surface area contributed by atoms with Gasteiger partial charge in [0, 0.05) is 12.1 Å². The standard InChI is InChI=1S/C17H20FNO/c1-4-19-11-15-6-5-14(10-16(15)18)13-7-8-17(20-3)12(2)9-13/h5-10,19H,4,11H2,1-3H3. The van der Waals surface area contributed by atoms with Crippen molar-refractivity contribution in [3.05, 3.63) is 53.3 Å². The number of benzene rings is 2. The first kappa shape index (κ1) is 14.5. The highest BCUT2D eigenvalue weighted by Gasteiger charge is 2.06. The summed E-state index contributed by atoms with van der Waals surface area (Å²) in [5.74, 6) is 0.676. The number of ether oxygens (including phenoxy) is 1. The molecular weight excluding hydrogens is 253 g/mol. The van der Waals surface area contributed by atoms with E-state index in [1.807, 2.05) is 44.2 Å². The highest BCUT2D eigenvalue weighted by atomic mass is 19.1. The number of rotatable bonds is 5. The Balaban J connectivity index is 2.29. The highest BCUT2D eigenvalue weighted by molar-refractivity contribution is 5.66. The van der Waals surface area contributed by atoms with Crippen molar-refractivity contribution in [2.45, 2.75) is 20.4 Å². The first-order valence-corrected chi connectivity index (χ1v) is 6.80. The fraction of sp³-hybridized carbons (Fsp3) is 0.294. The van der Waals surface area contributed by atoms with Gasteiger partial charge in [0.15, 0.2) is 0 Å². The second-order valence-electron chi connectivity index (χ2n) is 4.77. The lowest BCUT2D eigenvalue weighted by molar-refractivity contribution is 0.412. The minimum atomic E-state index is -0.170. The molecule has 1 N–H and O–H groups in total. The lowest BCUT2D eigenvalue weighted by Crippen LogP contribution is -2.12. The van der Waals surface area contributed by atoms with Gasteiger partial charge in [-0.05, 0) is 48.4 Å². The van der Waals surface area contributed by atoms with Gasteiger partial charge in [-0.1, -0.05) is 25.1 Å². The third kappa shape index (κ3) is 3.17. The molecule has 2 aromatic rings. The average Bonchev–Trinajstić information content (AvgIpc) is 2.46. The van der Waals surface area contributed by atoms with Crippen molar-refractivity contribution in [3.63, 3.8) is 0 Å². The molecule has 2 nitrogen and oxygen atoms in total. The second kappa shape index (κ2) is 6.53. The van der Waals surface area contributed by atoms with Crippen molar-refractivity contribution in [2.24, 2.45) is 0 Å². The van der Waals surface area contributed by atoms with Crippen molar-refractivity contribution in [2.75, 3.05) is 13.7 Å². The molecule has 0 atom stereocenters. The fourth-order valence-electron chi connectivity index (χ4n) is 2.19. The Bertz CT molecular complexity index is 596. The Morgan fingerprint density at radius 3 is 2.40 bits per heavy atom. The summed E-state index contributed by atoms with van der Waals surface area (Å²) < 4.78 is 19.3. The molecule has 3 heteroatoms. The van der Waals surface area contributed by atoms with E-state index < -0.39 is 0 Å². The van der Waals surface area contributed by atoms with Gasteiger partial charge in [-0.3, -0.25) is 0 Å². The van der Waals surface area contributed by atoms with Crippen LogP contribution < -0.4 is 10.1 Å². The van der Waals surface area contributed by atoms with E-state index in [2.05, 4.69) is 5.32 Å². The van der Waals surface area contributed by atoms with Gasteiger partial charge in [0.25, 0.3) is 0 Å². The molecule has 0 radical (unpaired) electrons. The minimum Gasteiger partial charge on any atom is -0.496 e. The smallest absolute Gasteiger partial charge is 0.128 e. The maximum atomic E-state index is 14.0. The Labute approximate surface area is 119 Å². The number of aryl methyl sites for hydroxylation is 1. The van der Waals surface area contributed by atoms with Crippen LogP contribution in [0, 0.1) is 12.7 Å². The first-order valence-electron chi connectivity index (χ1n) is 6.80. The first-order chi connectivity index (χ1) is 9.65. The molecule has 0 aliphatic heterocycles. The molecule has 20 heavy (non-hydrogen) atoms. The lowest BCUT2D eigenvalue weighted by atomic mass is 10.0. The highest BCUT2D eigenvalue weighted by Crippen LogP contribution is 2.27. The van der Waals surface area contributed by atoms with E-state index >= 15 is 0 Å². The topological polar surface area (TPSA) is 21.3 Å². The van der Waals surface area contributed by atoms with Crippen LogP contribution in [-0.2, 0) is 6.54 Å². The predicted octanol–water partition coefficient (Wildman–Crippen LogP) is 3.92. The maximum Gasteiger partial charge on any atom is 0.128 e. The van der Waals surface area contributed by atoms with Crippen molar-refractivity contribution in [1.82, 2.24) is 5.32 Å². The molecule has 0 bridgehead atoms. The summed E-state index contributed by atoms with van der Waals surface area (Å²) >= 11 is 0. The van der Waals surface area contributed by atoms with E-state index in [1.165, 1.54) is 0 Å². The van der Waals surface area contributed by atoms with Crippen LogP contribution in [0.2, 0.25) is 0 Å². The molecule has 0 aromatic heterocycles. The number of halogens is 1. The molecule has 0 aliphatic carbocycles. The lowest BCUT2D eigenvalue weighted by Gasteiger charge is -2.09. The summed E-state index contributed by atoms with van der Waals surface area (Å²) in [6.07, 6.45) is 0. The molecule has 0 fully saturated rings. The van der Waals surface area contributed by atoms with Gasteiger partial charge in [-0.15, -0.1) is 0 Å². The molecule has 0 aliphatic rings. The molecule has 0 saturated heterocycles. The average molecular weight is 273 g/mol. The van der Waals surface area contributed by atoms with E-state index in [0.717, 1.165) is 29.0 Å². The molecule has 0 saturated carbocycles. The monoisotopic (exact) mass is 273 g/mol. The van der Waals surface area contributed by atoms with Crippen LogP contribution in [0.25, 0.3) is 11.1 Å². The van der Waals surface area contributed by atoms with Gasteiger partial charge in [-0.2, -0.15) is 0 Å². The third-order valence-electron chi connectivity index (χ3n) is 3.35. The zero-order valence-electron chi connectivity index (χ0n) is 12.2. The van der Waals surface area contributed by atoms with Gasteiger partial charge in [0.05, 0.1) is 7.11 Å². The number of nitrogens with one attached hydrogen (secondary N) is 1. The minimum absolute atomic E-state index is 0.170. The van der Waals surface area contributed by atoms with E-state index in [1.54, 1.807) is 13.2 Å². The summed E-state index contributed by atoms with van der Waals surface area (Å²) in [6, 6.07) is 11.3. The van der Waals surface area contributed by atoms with E-state index in [-0.39, 0.29) is 5.82 Å². The summed E-state index contributed by atoms with van der Waals surface area (Å²) in [5.41, 5.74) is 3.62. The van der Waals surface area contributed by atoms with Gasteiger partial charge in [0.1, 0.15) is 11.6 Å². The fourth-order valence-corrected chi connectivity index (χ4v) is 2.19. The molecule has 0 spiro atoms. The normalized spacial score (nSPS) is 10.6. The Kier molecular flexibility index (Phi) is 4.74. The number of hydrogen-bond acceptors (Lipinski definition) is 2. The Hall–Kier alpha value is -1.87. The molecule has 0 unspecified atom stereocenters. The third-order valence-corrected chi connectivity index (χ3v) is 3.35. The summed E-state index contributed by atoms with van der Waals surface area (Å²) in [6.45, 7) is 5.38. The van der Waals surface area contributed by atoms with E-state index in [0.29, 0.717) is 12.1 Å². The molecular formula is C17H20FNO. The predicted molar refractivity (Wildman–Crippen MR) is 80.5 cm³/mol. The zero-order chi connectivity index (χ0) is 14.5. The van der Waals surface area contributed by atoms with Gasteiger partial charge >= 0.3 is 0 Å². The summed E-state index contributed by atoms with van der Waals surface area (Å²) in [4.78, 5) is 0. The van der Waals surface area contributed by atoms with Crippen LogP contribution in [0.1, 0.15) is 18.1 Å². The van der Waals surface area contributed by atoms with Crippen LogP contribution in [0.5, 0.6) is 5.75 Å². The molecule has 2 aromatic carbocycles. The molecule has 0 amide bonds. The van der Waals surface area contributed by atoms with Gasteiger partial charge in [0.2, 0.25) is 0 Å². The Morgan fingerprint density at radius 1 is 1.10 bits per heavy atom. The van der Waals surface area contributed by atoms with Crippen molar-refractivity contribution < 1.29 is 9.13 Å². The van der Waals surface area contributed by atoms with E-state index in [4.69, 9.17) is 4.74 Å². The molecule has 106 valence electrons. The number of hydrogen-bond donors (Lipinski definition) is 1. The Morgan fingerprint density at radius 2 is 1.80 bits per heavy atom.